The molecule has 0 fully saturated rings. The number of amides is 2. The van der Waals surface area contributed by atoms with Gasteiger partial charge in [0.05, 0.1) is 10.6 Å². The summed E-state index contributed by atoms with van der Waals surface area (Å²) in [5.74, 6) is -1.10. The SMILES string of the molecule is CCCNC(=O)[C@H](C)N(Cc1c(Cl)cccc1Cl)C(=O)CN(c1ccc(F)cc1)S(=O)(=O)c1ccc2c(c1)OCCO2. The molecule has 2 amide bonds. The monoisotopic (exact) mass is 637 g/mol. The van der Waals surface area contributed by atoms with Crippen molar-refractivity contribution in [1.82, 2.24) is 10.2 Å². The van der Waals surface area contributed by atoms with Gasteiger partial charge in [-0.25, -0.2) is 12.8 Å². The fraction of sp³-hybridized carbons (Fsp3) is 0.310. The third-order valence-corrected chi connectivity index (χ3v) is 9.08. The number of anilines is 1. The lowest BCUT2D eigenvalue weighted by atomic mass is 10.1. The summed E-state index contributed by atoms with van der Waals surface area (Å²) >= 11 is 12.8. The minimum atomic E-state index is -4.40. The molecule has 1 aliphatic heterocycles. The molecule has 3 aromatic carbocycles. The molecule has 0 aromatic heterocycles. The molecule has 224 valence electrons. The molecule has 13 heteroatoms. The van der Waals surface area contributed by atoms with Gasteiger partial charge in [0.2, 0.25) is 11.8 Å². The Balaban J connectivity index is 1.74. The standard InChI is InChI=1S/C29H30Cl2FN3O6S/c1-3-13-33-29(37)19(2)34(17-23-24(30)5-4-6-25(23)31)28(36)18-35(21-9-7-20(32)8-10-21)42(38,39)22-11-12-26-27(16-22)41-15-14-40-26/h4-12,16,19H,3,13-15,17-18H2,1-2H3,(H,33,37)/t19-/m0/s1. The van der Waals surface area contributed by atoms with E-state index in [9.17, 15) is 22.4 Å². The molecule has 0 aliphatic carbocycles. The molecule has 9 nitrogen and oxygen atoms in total. The zero-order valence-electron chi connectivity index (χ0n) is 23.0. The molecule has 0 bridgehead atoms. The average Bonchev–Trinajstić information content (AvgIpc) is 2.98. The van der Waals surface area contributed by atoms with Gasteiger partial charge in [-0.3, -0.25) is 13.9 Å². The van der Waals surface area contributed by atoms with Gasteiger partial charge in [-0.15, -0.1) is 0 Å². The Hall–Kier alpha value is -3.54. The average molecular weight is 639 g/mol. The van der Waals surface area contributed by atoms with E-state index in [-0.39, 0.29) is 39.5 Å². The number of nitrogens with zero attached hydrogens (tertiary/aromatic N) is 2. The summed E-state index contributed by atoms with van der Waals surface area (Å²) in [6.45, 7) is 3.50. The van der Waals surface area contributed by atoms with Gasteiger partial charge in [0, 0.05) is 34.8 Å². The molecular weight excluding hydrogens is 608 g/mol. The van der Waals surface area contributed by atoms with Gasteiger partial charge in [0.25, 0.3) is 10.0 Å². The molecule has 1 N–H and O–H groups in total. The minimum Gasteiger partial charge on any atom is -0.486 e. The van der Waals surface area contributed by atoms with Crippen LogP contribution in [0.1, 0.15) is 25.8 Å². The quantitative estimate of drug-likeness (QED) is 0.316. The minimum absolute atomic E-state index is 0.0402. The molecule has 0 radical (unpaired) electrons. The predicted octanol–water partition coefficient (Wildman–Crippen LogP) is 5.04. The Morgan fingerprint density at radius 3 is 2.29 bits per heavy atom. The van der Waals surface area contributed by atoms with Crippen molar-refractivity contribution < 1.29 is 31.9 Å². The molecule has 3 aromatic rings. The van der Waals surface area contributed by atoms with Crippen LogP contribution in [-0.2, 0) is 26.2 Å². The highest BCUT2D eigenvalue weighted by atomic mass is 35.5. The number of hydrogen-bond donors (Lipinski definition) is 1. The van der Waals surface area contributed by atoms with Crippen molar-refractivity contribution in [2.24, 2.45) is 0 Å². The molecule has 42 heavy (non-hydrogen) atoms. The molecule has 0 spiro atoms. The first-order valence-corrected chi connectivity index (χ1v) is 15.4. The number of halogens is 3. The summed E-state index contributed by atoms with van der Waals surface area (Å²) < 4.78 is 53.8. The van der Waals surface area contributed by atoms with E-state index in [1.54, 1.807) is 18.2 Å². The first-order chi connectivity index (χ1) is 20.0. The largest absolute Gasteiger partial charge is 0.486 e. The second-order valence-electron chi connectivity index (χ2n) is 9.48. The molecule has 0 saturated carbocycles. The van der Waals surface area contributed by atoms with Gasteiger partial charge < -0.3 is 19.7 Å². The van der Waals surface area contributed by atoms with Crippen molar-refractivity contribution in [3.05, 3.63) is 82.1 Å². The lowest BCUT2D eigenvalue weighted by molar-refractivity contribution is -0.139. The van der Waals surface area contributed by atoms with E-state index in [0.717, 1.165) is 16.4 Å². The normalized spacial score (nSPS) is 13.3. The van der Waals surface area contributed by atoms with E-state index in [1.165, 1.54) is 42.2 Å². The number of sulfonamides is 1. The summed E-state index contributed by atoms with van der Waals surface area (Å²) in [5.41, 5.74) is 0.436. The number of carbonyl (C=O) groups is 2. The van der Waals surface area contributed by atoms with Crippen molar-refractivity contribution in [2.75, 3.05) is 30.6 Å². The molecule has 1 atom stereocenters. The van der Waals surface area contributed by atoms with Gasteiger partial charge in [0.1, 0.15) is 31.6 Å². The number of hydrogen-bond acceptors (Lipinski definition) is 6. The van der Waals surface area contributed by atoms with Crippen LogP contribution in [0.15, 0.2) is 65.6 Å². The molecule has 1 aliphatic rings. The van der Waals surface area contributed by atoms with E-state index in [0.29, 0.717) is 30.9 Å². The molecule has 0 saturated heterocycles. The third-order valence-electron chi connectivity index (χ3n) is 6.60. The Bertz CT molecular complexity index is 1540. The third kappa shape index (κ3) is 7.08. The fourth-order valence-corrected chi connectivity index (χ4v) is 6.23. The lowest BCUT2D eigenvalue weighted by Crippen LogP contribution is -2.51. The summed E-state index contributed by atoms with van der Waals surface area (Å²) in [6.07, 6.45) is 0.675. The summed E-state index contributed by atoms with van der Waals surface area (Å²) in [6, 6.07) is 12.7. The summed E-state index contributed by atoms with van der Waals surface area (Å²) in [4.78, 5) is 28.0. The molecular formula is C29H30Cl2FN3O6S. The Morgan fingerprint density at radius 1 is 1.00 bits per heavy atom. The lowest BCUT2D eigenvalue weighted by Gasteiger charge is -2.32. The van der Waals surface area contributed by atoms with E-state index >= 15 is 0 Å². The number of benzene rings is 3. The number of nitrogens with one attached hydrogen (secondary N) is 1. The van der Waals surface area contributed by atoms with E-state index in [4.69, 9.17) is 32.7 Å². The second kappa shape index (κ2) is 13.6. The topological polar surface area (TPSA) is 105 Å². The van der Waals surface area contributed by atoms with Crippen molar-refractivity contribution in [1.29, 1.82) is 0 Å². The Morgan fingerprint density at radius 2 is 1.64 bits per heavy atom. The Kier molecular flexibility index (Phi) is 10.2. The van der Waals surface area contributed by atoms with Crippen LogP contribution in [0, 0.1) is 5.82 Å². The van der Waals surface area contributed by atoms with Crippen LogP contribution >= 0.6 is 23.2 Å². The molecule has 4 rings (SSSR count). The first kappa shape index (κ1) is 31.4. The van der Waals surface area contributed by atoms with Crippen molar-refractivity contribution in [2.45, 2.75) is 37.8 Å². The van der Waals surface area contributed by atoms with E-state index < -0.39 is 40.2 Å². The maximum atomic E-state index is 14.0. The number of ether oxygens (including phenoxy) is 2. The maximum absolute atomic E-state index is 14.0. The van der Waals surface area contributed by atoms with Crippen molar-refractivity contribution in [3.8, 4) is 11.5 Å². The summed E-state index contributed by atoms with van der Waals surface area (Å²) in [5, 5.41) is 3.32. The second-order valence-corrected chi connectivity index (χ2v) is 12.2. The van der Waals surface area contributed by atoms with Gasteiger partial charge in [-0.2, -0.15) is 0 Å². The van der Waals surface area contributed by atoms with Crippen LogP contribution in [0.5, 0.6) is 11.5 Å². The molecule has 1 heterocycles. The van der Waals surface area contributed by atoms with Crippen molar-refractivity contribution in [3.63, 3.8) is 0 Å². The predicted molar refractivity (Wildman–Crippen MR) is 158 cm³/mol. The van der Waals surface area contributed by atoms with Gasteiger partial charge in [0.15, 0.2) is 11.5 Å². The van der Waals surface area contributed by atoms with E-state index in [1.807, 2.05) is 6.92 Å². The number of rotatable bonds is 11. The zero-order chi connectivity index (χ0) is 30.4. The van der Waals surface area contributed by atoms with Crippen LogP contribution in [0.4, 0.5) is 10.1 Å². The van der Waals surface area contributed by atoms with Crippen molar-refractivity contribution >= 4 is 50.7 Å². The zero-order valence-corrected chi connectivity index (χ0v) is 25.3. The Labute approximate surface area is 254 Å². The van der Waals surface area contributed by atoms with Crippen LogP contribution in [0.2, 0.25) is 10.0 Å². The smallest absolute Gasteiger partial charge is 0.264 e. The summed E-state index contributed by atoms with van der Waals surface area (Å²) in [7, 11) is -4.40. The highest BCUT2D eigenvalue weighted by Gasteiger charge is 2.33. The number of fused-ring (bicyclic) bond motifs is 1. The van der Waals surface area contributed by atoms with Crippen LogP contribution in [0.25, 0.3) is 0 Å². The van der Waals surface area contributed by atoms with Gasteiger partial charge in [-0.05, 0) is 61.9 Å². The fourth-order valence-electron chi connectivity index (χ4n) is 4.28. The van der Waals surface area contributed by atoms with E-state index in [2.05, 4.69) is 5.32 Å². The van der Waals surface area contributed by atoms with Gasteiger partial charge >= 0.3 is 0 Å². The van der Waals surface area contributed by atoms with Crippen LogP contribution < -0.4 is 19.1 Å². The highest BCUT2D eigenvalue weighted by molar-refractivity contribution is 7.92. The van der Waals surface area contributed by atoms with Crippen LogP contribution in [0.3, 0.4) is 0 Å². The number of carbonyl (C=O) groups excluding carboxylic acids is 2. The highest BCUT2D eigenvalue weighted by Crippen LogP contribution is 2.34. The van der Waals surface area contributed by atoms with Gasteiger partial charge in [-0.1, -0.05) is 36.2 Å². The molecule has 0 unspecified atom stereocenters. The first-order valence-electron chi connectivity index (χ1n) is 13.2. The maximum Gasteiger partial charge on any atom is 0.264 e. The van der Waals surface area contributed by atoms with Crippen LogP contribution in [-0.4, -0.2) is 57.5 Å².